The van der Waals surface area contributed by atoms with Gasteiger partial charge in [0.2, 0.25) is 0 Å². The van der Waals surface area contributed by atoms with Crippen molar-refractivity contribution >= 4 is 22.0 Å². The molecule has 2 N–H and O–H groups in total. The highest BCUT2D eigenvalue weighted by Gasteiger charge is 2.17. The van der Waals surface area contributed by atoms with E-state index >= 15 is 0 Å². The maximum absolute atomic E-state index is 12.0. The molecule has 1 atom stereocenters. The number of nitrogens with one attached hydrogen (secondary N) is 2. The largest absolute Gasteiger partial charge is 0.453 e. The predicted octanol–water partition coefficient (Wildman–Crippen LogP) is 1.64. The van der Waals surface area contributed by atoms with Crippen molar-refractivity contribution in [2.24, 2.45) is 0 Å². The molecule has 0 aromatic heterocycles. The number of carbonyl (C=O) groups is 1. The third-order valence-electron chi connectivity index (χ3n) is 3.90. The van der Waals surface area contributed by atoms with Crippen LogP contribution in [-0.4, -0.2) is 64.6 Å². The highest BCUT2D eigenvalue weighted by Crippen LogP contribution is 2.23. The summed E-state index contributed by atoms with van der Waals surface area (Å²) in [5.41, 5.74) is 1.50. The molecule has 1 aromatic rings. The first-order valence-corrected chi connectivity index (χ1v) is 9.51. The van der Waals surface area contributed by atoms with Gasteiger partial charge in [-0.05, 0) is 31.2 Å². The molecule has 1 aromatic carbocycles. The molecule has 0 heterocycles. The zero-order valence-corrected chi connectivity index (χ0v) is 16.3. The van der Waals surface area contributed by atoms with Crippen molar-refractivity contribution in [2.75, 3.05) is 45.6 Å². The number of nitrogens with zero attached hydrogens (tertiary/aromatic N) is 2. The van der Waals surface area contributed by atoms with Crippen LogP contribution in [0, 0.1) is 0 Å². The number of carbonyl (C=O) groups excluding carboxylic acids is 1. The lowest BCUT2D eigenvalue weighted by molar-refractivity contribution is 0.165. The van der Waals surface area contributed by atoms with Crippen LogP contribution in [0.3, 0.4) is 0 Å². The molecule has 0 saturated carbocycles. The highest BCUT2D eigenvalue weighted by molar-refractivity contribution is 7.90. The third kappa shape index (κ3) is 6.52. The quantitative estimate of drug-likeness (QED) is 0.688. The van der Waals surface area contributed by atoms with E-state index in [0.29, 0.717) is 18.8 Å². The summed E-state index contributed by atoms with van der Waals surface area (Å²) in [6.45, 7) is 5.99. The number of hydrogen-bond donors (Lipinski definition) is 2. The minimum atomic E-state index is -3.54. The smallest absolute Gasteiger partial charge is 0.406 e. The summed E-state index contributed by atoms with van der Waals surface area (Å²) in [5.74, 6) is 0. The zero-order valence-electron chi connectivity index (χ0n) is 15.4. The van der Waals surface area contributed by atoms with Crippen LogP contribution in [-0.2, 0) is 14.9 Å². The van der Waals surface area contributed by atoms with E-state index in [-0.39, 0.29) is 6.04 Å². The van der Waals surface area contributed by atoms with Gasteiger partial charge in [-0.3, -0.25) is 9.62 Å². The third-order valence-corrected chi connectivity index (χ3v) is 5.36. The van der Waals surface area contributed by atoms with Crippen LogP contribution in [0.1, 0.15) is 25.5 Å². The van der Waals surface area contributed by atoms with E-state index in [4.69, 9.17) is 0 Å². The Morgan fingerprint density at radius 3 is 2.56 bits per heavy atom. The van der Waals surface area contributed by atoms with Gasteiger partial charge in [-0.25, -0.2) is 4.79 Å². The molecule has 9 heteroatoms. The van der Waals surface area contributed by atoms with E-state index in [0.717, 1.165) is 16.4 Å². The van der Waals surface area contributed by atoms with Gasteiger partial charge in [-0.15, -0.1) is 0 Å². The molecule has 1 amide bonds. The monoisotopic (exact) mass is 372 g/mol. The van der Waals surface area contributed by atoms with Gasteiger partial charge in [0.15, 0.2) is 0 Å². The fourth-order valence-electron chi connectivity index (χ4n) is 2.31. The Hall–Kier alpha value is -1.84. The first-order chi connectivity index (χ1) is 11.7. The molecule has 0 bridgehead atoms. The summed E-state index contributed by atoms with van der Waals surface area (Å²) in [6, 6.07) is 7.37. The Morgan fingerprint density at radius 1 is 1.32 bits per heavy atom. The Bertz CT molecular complexity index is 664. The standard InChI is InChI=1S/C16H28N4O4S/c1-6-20(11-10-17-16(21)24-5)13(2)14-8-7-9-15(12-14)18-25(22,23)19(3)4/h7-9,12-13,18H,6,10-11H2,1-5H3,(H,17,21). The van der Waals surface area contributed by atoms with Crippen LogP contribution in [0.5, 0.6) is 0 Å². The molecule has 142 valence electrons. The maximum atomic E-state index is 12.0. The van der Waals surface area contributed by atoms with Crippen LogP contribution >= 0.6 is 0 Å². The zero-order chi connectivity index (χ0) is 19.0. The van der Waals surface area contributed by atoms with Crippen LogP contribution in [0.15, 0.2) is 24.3 Å². The molecule has 0 radical (unpaired) electrons. The van der Waals surface area contributed by atoms with Crippen molar-refractivity contribution < 1.29 is 17.9 Å². The molecule has 0 saturated heterocycles. The lowest BCUT2D eigenvalue weighted by atomic mass is 10.1. The molecule has 8 nitrogen and oxygen atoms in total. The summed E-state index contributed by atoms with van der Waals surface area (Å²) in [4.78, 5) is 13.3. The lowest BCUT2D eigenvalue weighted by Crippen LogP contribution is -2.36. The highest BCUT2D eigenvalue weighted by atomic mass is 32.2. The molecule has 1 rings (SSSR count). The number of likely N-dealkylation sites (N-methyl/N-ethyl adjacent to an activating group) is 1. The Labute approximate surface area is 150 Å². The number of methoxy groups -OCH3 is 1. The average Bonchev–Trinajstić information content (AvgIpc) is 2.57. The first kappa shape index (κ1) is 21.2. The number of amides is 1. The van der Waals surface area contributed by atoms with Crippen molar-refractivity contribution in [3.63, 3.8) is 0 Å². The van der Waals surface area contributed by atoms with E-state index in [2.05, 4.69) is 19.7 Å². The maximum Gasteiger partial charge on any atom is 0.406 e. The van der Waals surface area contributed by atoms with E-state index in [9.17, 15) is 13.2 Å². The minimum absolute atomic E-state index is 0.0632. The van der Waals surface area contributed by atoms with Gasteiger partial charge in [0.1, 0.15) is 0 Å². The Kier molecular flexibility index (Phi) is 8.14. The van der Waals surface area contributed by atoms with E-state index in [1.807, 2.05) is 32.0 Å². The number of rotatable bonds is 9. The van der Waals surface area contributed by atoms with Crippen LogP contribution in [0.4, 0.5) is 10.5 Å². The molecule has 1 unspecified atom stereocenters. The van der Waals surface area contributed by atoms with Gasteiger partial charge in [0.25, 0.3) is 0 Å². The second-order valence-electron chi connectivity index (χ2n) is 5.74. The van der Waals surface area contributed by atoms with Gasteiger partial charge in [0.05, 0.1) is 12.8 Å². The number of anilines is 1. The summed E-state index contributed by atoms with van der Waals surface area (Å²) in [6.07, 6.45) is -0.455. The Morgan fingerprint density at radius 2 is 2.00 bits per heavy atom. The van der Waals surface area contributed by atoms with Crippen molar-refractivity contribution in [1.29, 1.82) is 0 Å². The topological polar surface area (TPSA) is 91.0 Å². The van der Waals surface area contributed by atoms with Gasteiger partial charge in [-0.2, -0.15) is 12.7 Å². The number of alkyl carbamates (subject to hydrolysis) is 1. The minimum Gasteiger partial charge on any atom is -0.453 e. The molecule has 0 aliphatic carbocycles. The summed E-state index contributed by atoms with van der Waals surface area (Å²) in [5, 5.41) is 2.66. The van der Waals surface area contributed by atoms with Crippen molar-refractivity contribution in [1.82, 2.24) is 14.5 Å². The van der Waals surface area contributed by atoms with E-state index in [1.54, 1.807) is 6.07 Å². The number of hydrogen-bond acceptors (Lipinski definition) is 5. The SMILES string of the molecule is CCN(CCNC(=O)OC)C(C)c1cccc(NS(=O)(=O)N(C)C)c1. The Balaban J connectivity index is 2.81. The molecule has 0 aliphatic heterocycles. The average molecular weight is 372 g/mol. The predicted molar refractivity (Wildman–Crippen MR) is 98.7 cm³/mol. The van der Waals surface area contributed by atoms with Gasteiger partial charge in [0, 0.05) is 33.2 Å². The second kappa shape index (κ2) is 9.59. The van der Waals surface area contributed by atoms with Crippen molar-refractivity contribution in [3.8, 4) is 0 Å². The number of ether oxygens (including phenoxy) is 1. The number of benzene rings is 1. The van der Waals surface area contributed by atoms with Gasteiger partial charge >= 0.3 is 16.3 Å². The molecule has 0 fully saturated rings. The van der Waals surface area contributed by atoms with Crippen LogP contribution in [0.2, 0.25) is 0 Å². The molecule has 25 heavy (non-hydrogen) atoms. The van der Waals surface area contributed by atoms with Crippen LogP contribution < -0.4 is 10.0 Å². The molecule has 0 spiro atoms. The van der Waals surface area contributed by atoms with Gasteiger partial charge in [-0.1, -0.05) is 19.1 Å². The van der Waals surface area contributed by atoms with Gasteiger partial charge < -0.3 is 10.1 Å². The first-order valence-electron chi connectivity index (χ1n) is 8.07. The van der Waals surface area contributed by atoms with Crippen LogP contribution in [0.25, 0.3) is 0 Å². The van der Waals surface area contributed by atoms with Crippen molar-refractivity contribution in [3.05, 3.63) is 29.8 Å². The normalized spacial score (nSPS) is 12.9. The fraction of sp³-hybridized carbons (Fsp3) is 0.562. The fourth-order valence-corrected chi connectivity index (χ4v) is 2.92. The van der Waals surface area contributed by atoms with E-state index < -0.39 is 16.3 Å². The summed E-state index contributed by atoms with van der Waals surface area (Å²) >= 11 is 0. The molecular formula is C16H28N4O4S. The molecular weight excluding hydrogens is 344 g/mol. The summed E-state index contributed by atoms with van der Waals surface area (Å²) < 4.78 is 32.1. The lowest BCUT2D eigenvalue weighted by Gasteiger charge is -2.28. The second-order valence-corrected chi connectivity index (χ2v) is 7.62. The summed E-state index contributed by atoms with van der Waals surface area (Å²) in [7, 11) is 0.740. The van der Waals surface area contributed by atoms with E-state index in [1.165, 1.54) is 21.2 Å². The van der Waals surface area contributed by atoms with Crippen molar-refractivity contribution in [2.45, 2.75) is 19.9 Å². The molecule has 0 aliphatic rings.